The van der Waals surface area contributed by atoms with Crippen molar-refractivity contribution in [2.24, 2.45) is 5.92 Å². The van der Waals surface area contributed by atoms with Crippen molar-refractivity contribution in [3.8, 4) is 6.07 Å². The first kappa shape index (κ1) is 20.8. The summed E-state index contributed by atoms with van der Waals surface area (Å²) in [5.41, 5.74) is 3.16. The molecule has 5 nitrogen and oxygen atoms in total. The van der Waals surface area contributed by atoms with Gasteiger partial charge in [-0.1, -0.05) is 18.2 Å². The number of benzene rings is 2. The molecule has 0 bridgehead atoms. The molecule has 2 heterocycles. The zero-order valence-corrected chi connectivity index (χ0v) is 17.6. The highest BCUT2D eigenvalue weighted by Gasteiger charge is 2.26. The van der Waals surface area contributed by atoms with Crippen molar-refractivity contribution in [3.05, 3.63) is 88.8 Å². The van der Waals surface area contributed by atoms with Crippen molar-refractivity contribution in [3.63, 3.8) is 0 Å². The van der Waals surface area contributed by atoms with E-state index in [1.165, 1.54) is 12.1 Å². The Bertz CT molecular complexity index is 1110. The van der Waals surface area contributed by atoms with E-state index in [0.717, 1.165) is 42.9 Å². The van der Waals surface area contributed by atoms with E-state index < -0.39 is 0 Å². The van der Waals surface area contributed by atoms with Crippen LogP contribution in [0.5, 0.6) is 0 Å². The van der Waals surface area contributed by atoms with E-state index >= 15 is 0 Å². The Balaban J connectivity index is 1.46. The minimum Gasteiger partial charge on any atom is -0.338 e. The molecule has 1 fully saturated rings. The number of halogens is 1. The maximum atomic E-state index is 13.2. The van der Waals surface area contributed by atoms with Gasteiger partial charge in [0.15, 0.2) is 0 Å². The lowest BCUT2D eigenvalue weighted by Crippen LogP contribution is -2.40. The lowest BCUT2D eigenvalue weighted by atomic mass is 9.93. The van der Waals surface area contributed by atoms with Crippen LogP contribution in [0.1, 0.15) is 45.8 Å². The Kier molecular flexibility index (Phi) is 6.13. The second-order valence-corrected chi connectivity index (χ2v) is 8.18. The minimum atomic E-state index is -0.237. The topological polar surface area (TPSA) is 61.9 Å². The number of likely N-dealkylation sites (tertiary alicyclic amines) is 1. The van der Waals surface area contributed by atoms with Crippen molar-refractivity contribution in [2.45, 2.75) is 32.7 Å². The molecule has 31 heavy (non-hydrogen) atoms. The smallest absolute Gasteiger partial charge is 0.253 e. The van der Waals surface area contributed by atoms with E-state index in [1.54, 1.807) is 36.4 Å². The van der Waals surface area contributed by atoms with E-state index in [1.807, 2.05) is 18.0 Å². The number of hydrogen-bond donors (Lipinski definition) is 0. The van der Waals surface area contributed by atoms with Crippen molar-refractivity contribution in [1.29, 1.82) is 5.26 Å². The number of nitrogens with zero attached hydrogens (tertiary/aromatic N) is 4. The highest BCUT2D eigenvalue weighted by atomic mass is 19.1. The summed E-state index contributed by atoms with van der Waals surface area (Å²) in [6, 6.07) is 15.5. The van der Waals surface area contributed by atoms with E-state index in [2.05, 4.69) is 15.6 Å². The molecule has 0 radical (unpaired) electrons. The van der Waals surface area contributed by atoms with Crippen molar-refractivity contribution >= 4 is 5.91 Å². The Morgan fingerprint density at radius 1 is 1.26 bits per heavy atom. The van der Waals surface area contributed by atoms with Gasteiger partial charge in [0.1, 0.15) is 11.6 Å². The normalized spacial score (nSPS) is 16.2. The fraction of sp³-hybridized carbons (Fsp3) is 0.320. The molecule has 1 unspecified atom stereocenters. The maximum Gasteiger partial charge on any atom is 0.253 e. The number of aromatic nitrogens is 2. The number of nitriles is 1. The van der Waals surface area contributed by atoms with Crippen molar-refractivity contribution < 1.29 is 9.18 Å². The number of piperidine rings is 1. The van der Waals surface area contributed by atoms with Crippen LogP contribution < -0.4 is 0 Å². The molecule has 1 aromatic heterocycles. The molecule has 0 spiro atoms. The van der Waals surface area contributed by atoms with Gasteiger partial charge in [-0.15, -0.1) is 0 Å². The summed E-state index contributed by atoms with van der Waals surface area (Å²) in [5.74, 6) is 1.06. The molecule has 3 aromatic rings. The van der Waals surface area contributed by atoms with Crippen LogP contribution in [0.3, 0.4) is 0 Å². The molecule has 1 aliphatic rings. The summed E-state index contributed by atoms with van der Waals surface area (Å²) >= 11 is 0. The van der Waals surface area contributed by atoms with Gasteiger partial charge in [-0.05, 0) is 61.6 Å². The Morgan fingerprint density at radius 2 is 2.06 bits per heavy atom. The zero-order chi connectivity index (χ0) is 21.8. The molecule has 158 valence electrons. The number of aryl methyl sites for hydroxylation is 1. The first-order chi connectivity index (χ1) is 15.0. The molecule has 1 atom stereocenters. The van der Waals surface area contributed by atoms with Crippen LogP contribution >= 0.6 is 0 Å². The molecule has 0 N–H and O–H groups in total. The first-order valence-corrected chi connectivity index (χ1v) is 10.6. The van der Waals surface area contributed by atoms with Crippen molar-refractivity contribution in [1.82, 2.24) is 14.5 Å². The molecular weight excluding hydrogens is 391 g/mol. The summed E-state index contributed by atoms with van der Waals surface area (Å²) in [7, 11) is 0. The predicted octanol–water partition coefficient (Wildman–Crippen LogP) is 4.35. The van der Waals surface area contributed by atoms with Crippen LogP contribution in [0.25, 0.3) is 0 Å². The van der Waals surface area contributed by atoms with Gasteiger partial charge in [-0.2, -0.15) is 5.26 Å². The Hall–Kier alpha value is -3.46. The van der Waals surface area contributed by atoms with Crippen LogP contribution in [0.4, 0.5) is 4.39 Å². The molecule has 1 aliphatic heterocycles. The van der Waals surface area contributed by atoms with Gasteiger partial charge in [0, 0.05) is 43.5 Å². The third-order valence-corrected chi connectivity index (χ3v) is 5.91. The van der Waals surface area contributed by atoms with Gasteiger partial charge >= 0.3 is 0 Å². The predicted molar refractivity (Wildman–Crippen MR) is 116 cm³/mol. The average Bonchev–Trinajstić information content (AvgIpc) is 3.14. The molecule has 4 rings (SSSR count). The summed E-state index contributed by atoms with van der Waals surface area (Å²) in [6.07, 6.45) is 4.66. The first-order valence-electron chi connectivity index (χ1n) is 10.6. The Morgan fingerprint density at radius 3 is 2.84 bits per heavy atom. The number of rotatable bonds is 5. The number of amides is 1. The van der Waals surface area contributed by atoms with E-state index in [0.29, 0.717) is 30.1 Å². The lowest BCUT2D eigenvalue weighted by Gasteiger charge is -2.33. The van der Waals surface area contributed by atoms with Gasteiger partial charge in [0.05, 0.1) is 11.6 Å². The van der Waals surface area contributed by atoms with Gasteiger partial charge in [0.2, 0.25) is 0 Å². The Labute approximate surface area is 181 Å². The molecular formula is C25H25FN4O. The van der Waals surface area contributed by atoms with Crippen LogP contribution in [0.15, 0.2) is 54.7 Å². The summed E-state index contributed by atoms with van der Waals surface area (Å²) in [5, 5.41) is 9.10. The lowest BCUT2D eigenvalue weighted by molar-refractivity contribution is 0.0671. The maximum absolute atomic E-state index is 13.2. The van der Waals surface area contributed by atoms with Crippen LogP contribution in [0, 0.1) is 30.0 Å². The SMILES string of the molecule is Cc1cnc(CC2CCCN(C(=O)c3cccc(C#N)c3)C2)n1Cc1ccc(F)cc1. The average molecular weight is 417 g/mol. The van der Waals surface area contributed by atoms with E-state index in [9.17, 15) is 9.18 Å². The van der Waals surface area contributed by atoms with Gasteiger partial charge in [0.25, 0.3) is 5.91 Å². The molecule has 1 amide bonds. The van der Waals surface area contributed by atoms with Crippen LogP contribution in [-0.4, -0.2) is 33.4 Å². The highest BCUT2D eigenvalue weighted by molar-refractivity contribution is 5.94. The zero-order valence-electron chi connectivity index (χ0n) is 17.6. The fourth-order valence-corrected chi connectivity index (χ4v) is 4.24. The monoisotopic (exact) mass is 416 g/mol. The second kappa shape index (κ2) is 9.13. The molecule has 0 aliphatic carbocycles. The number of imidazole rings is 1. The number of carbonyl (C=O) groups excluding carboxylic acids is 1. The minimum absolute atomic E-state index is 0.0207. The van der Waals surface area contributed by atoms with Gasteiger partial charge < -0.3 is 9.47 Å². The highest BCUT2D eigenvalue weighted by Crippen LogP contribution is 2.23. The standard InChI is InChI=1S/C25H25FN4O/c1-18-15-28-24(30(18)17-19-7-9-23(26)10-8-19)13-21-5-3-11-29(16-21)25(31)22-6-2-4-20(12-22)14-27/h2,4,6-10,12,15,21H,3,5,11,13,16-17H2,1H3. The second-order valence-electron chi connectivity index (χ2n) is 8.18. The van der Waals surface area contributed by atoms with Gasteiger partial charge in [-0.25, -0.2) is 9.37 Å². The largest absolute Gasteiger partial charge is 0.338 e. The number of carbonyl (C=O) groups is 1. The fourth-order valence-electron chi connectivity index (χ4n) is 4.24. The van der Waals surface area contributed by atoms with Crippen molar-refractivity contribution in [2.75, 3.05) is 13.1 Å². The molecule has 0 saturated carbocycles. The number of hydrogen-bond acceptors (Lipinski definition) is 3. The molecule has 6 heteroatoms. The third-order valence-electron chi connectivity index (χ3n) is 5.91. The van der Waals surface area contributed by atoms with Crippen LogP contribution in [-0.2, 0) is 13.0 Å². The summed E-state index contributed by atoms with van der Waals surface area (Å²) < 4.78 is 15.4. The summed E-state index contributed by atoms with van der Waals surface area (Å²) in [6.45, 7) is 4.09. The molecule has 2 aromatic carbocycles. The third kappa shape index (κ3) is 4.83. The molecule has 1 saturated heterocycles. The quantitative estimate of drug-likeness (QED) is 0.621. The van der Waals surface area contributed by atoms with Crippen LogP contribution in [0.2, 0.25) is 0 Å². The van der Waals surface area contributed by atoms with E-state index in [-0.39, 0.29) is 11.7 Å². The van der Waals surface area contributed by atoms with Gasteiger partial charge in [-0.3, -0.25) is 4.79 Å². The summed E-state index contributed by atoms with van der Waals surface area (Å²) in [4.78, 5) is 19.5. The van der Waals surface area contributed by atoms with E-state index in [4.69, 9.17) is 5.26 Å².